The summed E-state index contributed by atoms with van der Waals surface area (Å²) >= 11 is 5.69. The van der Waals surface area contributed by atoms with Crippen molar-refractivity contribution in [3.8, 4) is 5.75 Å². The van der Waals surface area contributed by atoms with Crippen molar-refractivity contribution >= 4 is 52.7 Å². The van der Waals surface area contributed by atoms with Gasteiger partial charge in [0.1, 0.15) is 0 Å². The van der Waals surface area contributed by atoms with Gasteiger partial charge in [-0.25, -0.2) is 0 Å². The van der Waals surface area contributed by atoms with Crippen LogP contribution in [0.25, 0.3) is 10.9 Å². The summed E-state index contributed by atoms with van der Waals surface area (Å²) < 4.78 is 46.5. The number of anilines is 1. The summed E-state index contributed by atoms with van der Waals surface area (Å²) in [5.74, 6) is 0.509. The van der Waals surface area contributed by atoms with Crippen molar-refractivity contribution in [2.75, 3.05) is 12.4 Å². The molecule has 5 nitrogen and oxygen atoms in total. The standard InChI is InChI=1S/C26H27BF3N3O2S/c1-33-22-5-3-4-20(18(22)14-23(33)26(28,29)30)32-25(36)16-8-12-19(27)21(13-9-16)31-24(34)15-6-10-17(35-2)11-7-15/h3-7,10-11,14,16,21,27H,8-9,12-13H2,1-2H3,(H,31,34)(H,32,36)/t16-,21-/m0/s1. The van der Waals surface area contributed by atoms with Crippen LogP contribution >= 0.6 is 12.2 Å². The number of hydrogen-bond acceptors (Lipinski definition) is 3. The molecule has 0 bridgehead atoms. The first kappa shape index (κ1) is 25.9. The molecule has 4 rings (SSSR count). The first-order valence-corrected chi connectivity index (χ1v) is 12.1. The predicted molar refractivity (Wildman–Crippen MR) is 143 cm³/mol. The van der Waals surface area contributed by atoms with E-state index in [1.807, 2.05) is 0 Å². The first-order chi connectivity index (χ1) is 17.1. The molecule has 36 heavy (non-hydrogen) atoms. The van der Waals surface area contributed by atoms with E-state index in [4.69, 9.17) is 17.0 Å². The van der Waals surface area contributed by atoms with Crippen molar-refractivity contribution in [3.63, 3.8) is 0 Å². The molecule has 2 N–H and O–H groups in total. The second-order valence-corrected chi connectivity index (χ2v) is 9.48. The van der Waals surface area contributed by atoms with Gasteiger partial charge < -0.3 is 0 Å². The fourth-order valence-electron chi connectivity index (χ4n) is 4.65. The van der Waals surface area contributed by atoms with Crippen molar-refractivity contribution in [3.05, 3.63) is 59.8 Å². The molecule has 1 amide bonds. The van der Waals surface area contributed by atoms with Crippen LogP contribution in [0.1, 0.15) is 41.7 Å². The molecule has 2 atom stereocenters. The van der Waals surface area contributed by atoms with Gasteiger partial charge >= 0.3 is 214 Å². The van der Waals surface area contributed by atoms with Crippen molar-refractivity contribution in [2.45, 2.75) is 37.9 Å². The minimum atomic E-state index is -4.45. The number of aryl methyl sites for hydroxylation is 1. The van der Waals surface area contributed by atoms with Crippen LogP contribution in [0.4, 0.5) is 18.9 Å². The fourth-order valence-corrected chi connectivity index (χ4v) is 4.99. The van der Waals surface area contributed by atoms with Crippen LogP contribution in [0.2, 0.25) is 0 Å². The Bertz CT molecular complexity index is 1300. The number of thiocarbonyl (C=S) groups is 1. The number of halogens is 3. The zero-order valence-electron chi connectivity index (χ0n) is 20.1. The Morgan fingerprint density at radius 2 is 1.86 bits per heavy atom. The van der Waals surface area contributed by atoms with Gasteiger partial charge in [-0.05, 0) is 0 Å². The van der Waals surface area contributed by atoms with Gasteiger partial charge in [0.05, 0.1) is 0 Å². The van der Waals surface area contributed by atoms with Crippen LogP contribution in [-0.4, -0.2) is 41.6 Å². The van der Waals surface area contributed by atoms with Crippen LogP contribution < -0.4 is 15.4 Å². The molecule has 1 fully saturated rings. The molecule has 0 radical (unpaired) electrons. The Labute approximate surface area is 214 Å². The van der Waals surface area contributed by atoms with Crippen LogP contribution in [-0.2, 0) is 13.2 Å². The third-order valence-corrected chi connectivity index (χ3v) is 7.21. The molecular weight excluding hydrogens is 486 g/mol. The number of amides is 1. The molecule has 1 aliphatic rings. The molecule has 10 heteroatoms. The molecule has 0 spiro atoms. The summed E-state index contributed by atoms with van der Waals surface area (Å²) in [6.45, 7) is 0. The van der Waals surface area contributed by atoms with E-state index in [0.29, 0.717) is 45.7 Å². The Morgan fingerprint density at radius 3 is 2.53 bits per heavy atom. The monoisotopic (exact) mass is 513 g/mol. The van der Waals surface area contributed by atoms with E-state index in [9.17, 15) is 18.0 Å². The number of nitrogens with zero attached hydrogens (tertiary/aromatic N) is 1. The molecule has 1 heterocycles. The van der Waals surface area contributed by atoms with Crippen LogP contribution in [0.15, 0.2) is 48.5 Å². The van der Waals surface area contributed by atoms with Gasteiger partial charge in [0.2, 0.25) is 0 Å². The van der Waals surface area contributed by atoms with E-state index < -0.39 is 11.9 Å². The van der Waals surface area contributed by atoms with E-state index in [2.05, 4.69) is 18.1 Å². The van der Waals surface area contributed by atoms with E-state index in [0.717, 1.165) is 28.9 Å². The summed E-state index contributed by atoms with van der Waals surface area (Å²) in [5.41, 5.74) is 1.79. The zero-order valence-corrected chi connectivity index (χ0v) is 20.9. The molecule has 0 unspecified atom stereocenters. The van der Waals surface area contributed by atoms with Gasteiger partial charge in [-0.1, -0.05) is 0 Å². The van der Waals surface area contributed by atoms with Crippen molar-refractivity contribution < 1.29 is 22.7 Å². The Morgan fingerprint density at radius 1 is 1.14 bits per heavy atom. The predicted octanol–water partition coefficient (Wildman–Crippen LogP) is 5.01. The number of carbonyl (C=O) groups excluding carboxylic acids is 1. The maximum atomic E-state index is 13.4. The number of aromatic nitrogens is 1. The number of benzene rings is 2. The number of hydrogen-bond donors (Lipinski definition) is 2. The third kappa shape index (κ3) is 5.48. The van der Waals surface area contributed by atoms with Crippen molar-refractivity contribution in [1.82, 2.24) is 9.88 Å². The number of carbonyl (C=O) groups is 1. The van der Waals surface area contributed by atoms with Crippen molar-refractivity contribution in [2.24, 2.45) is 13.0 Å². The third-order valence-electron chi connectivity index (χ3n) is 6.77. The molecular formula is C26H27BF3N3O2S. The van der Waals surface area contributed by atoms with Gasteiger partial charge in [0, 0.05) is 0 Å². The number of rotatable bonds is 5. The van der Waals surface area contributed by atoms with Gasteiger partial charge in [0.25, 0.3) is 0 Å². The topological polar surface area (TPSA) is 55.3 Å². The average Bonchev–Trinajstić information content (AvgIpc) is 3.10. The summed E-state index contributed by atoms with van der Waals surface area (Å²) in [6.07, 6.45) is -1.62. The maximum absolute atomic E-state index is 13.4. The Kier molecular flexibility index (Phi) is 7.54. The number of fused-ring (bicyclic) bond motifs is 1. The Hall–Kier alpha value is -3.14. The molecule has 3 aromatic rings. The quantitative estimate of drug-likeness (QED) is 0.286. The van der Waals surface area contributed by atoms with Crippen molar-refractivity contribution in [1.29, 1.82) is 0 Å². The van der Waals surface area contributed by atoms with Crippen LogP contribution in [0.5, 0.6) is 5.75 Å². The Balaban J connectivity index is 1.43. The molecule has 2 aromatic carbocycles. The summed E-state index contributed by atoms with van der Waals surface area (Å²) in [7, 11) is 7.15. The first-order valence-electron chi connectivity index (χ1n) is 11.7. The molecule has 188 valence electrons. The van der Waals surface area contributed by atoms with Gasteiger partial charge in [-0.15, -0.1) is 0 Å². The summed E-state index contributed by atoms with van der Waals surface area (Å²) in [5, 5.41) is 6.74. The number of alkyl halides is 3. The minimum absolute atomic E-state index is 0.0145. The van der Waals surface area contributed by atoms with Gasteiger partial charge in [-0.3, -0.25) is 0 Å². The molecule has 1 saturated carbocycles. The molecule has 0 aliphatic heterocycles. The van der Waals surface area contributed by atoms with Crippen LogP contribution in [0, 0.1) is 5.92 Å². The molecule has 1 aromatic heterocycles. The second kappa shape index (κ2) is 10.5. The number of nitrogens with one attached hydrogen (secondary N) is 2. The fraction of sp³-hybridized carbons (Fsp3) is 0.346. The molecule has 1 aliphatic carbocycles. The SMILES string of the molecule is B=C1CC[C@H](C(=S)Nc2cccc3c2cc(C(F)(F)F)n3C)CC[C@@H]1NC(=O)c1ccc(OC)cc1. The number of methoxy groups -OCH3 is 1. The molecule has 0 saturated heterocycles. The summed E-state index contributed by atoms with van der Waals surface area (Å²) in [4.78, 5) is 13.3. The average molecular weight is 513 g/mol. The zero-order chi connectivity index (χ0) is 26.0. The van der Waals surface area contributed by atoms with E-state index >= 15 is 0 Å². The van der Waals surface area contributed by atoms with Gasteiger partial charge in [0.15, 0.2) is 0 Å². The number of ether oxygens (including phenoxy) is 1. The second-order valence-electron chi connectivity index (χ2n) is 9.04. The van der Waals surface area contributed by atoms with Gasteiger partial charge in [-0.2, -0.15) is 0 Å². The van der Waals surface area contributed by atoms with E-state index in [1.54, 1.807) is 49.6 Å². The van der Waals surface area contributed by atoms with E-state index in [1.165, 1.54) is 7.05 Å². The summed E-state index contributed by atoms with van der Waals surface area (Å²) in [6, 6.07) is 13.0. The van der Waals surface area contributed by atoms with E-state index in [-0.39, 0.29) is 17.9 Å². The van der Waals surface area contributed by atoms with Crippen LogP contribution in [0.3, 0.4) is 0 Å². The normalized spacial score (nSPS) is 18.5.